The van der Waals surface area contributed by atoms with Crippen LogP contribution in [0.3, 0.4) is 0 Å². The van der Waals surface area contributed by atoms with Crippen LogP contribution in [-0.2, 0) is 9.59 Å². The van der Waals surface area contributed by atoms with Crippen LogP contribution >= 0.6 is 0 Å². The Labute approximate surface area is 148 Å². The number of carbonyl (C=O) groups is 2. The van der Waals surface area contributed by atoms with E-state index < -0.39 is 5.97 Å². The number of nitrogens with one attached hydrogen (secondary N) is 1. The highest BCUT2D eigenvalue weighted by Crippen LogP contribution is 2.19. The molecule has 0 bridgehead atoms. The second-order valence-electron chi connectivity index (χ2n) is 6.89. The molecule has 1 aromatic rings. The summed E-state index contributed by atoms with van der Waals surface area (Å²) in [6.07, 6.45) is 6.62. The zero-order valence-electron chi connectivity index (χ0n) is 14.5. The van der Waals surface area contributed by atoms with Crippen molar-refractivity contribution >= 4 is 23.4 Å². The molecule has 136 valence electrons. The van der Waals surface area contributed by atoms with Crippen molar-refractivity contribution in [3.63, 3.8) is 0 Å². The highest BCUT2D eigenvalue weighted by Gasteiger charge is 2.25. The van der Waals surface area contributed by atoms with Gasteiger partial charge < -0.3 is 15.3 Å². The van der Waals surface area contributed by atoms with E-state index in [9.17, 15) is 9.59 Å². The lowest BCUT2D eigenvalue weighted by Gasteiger charge is -2.29. The van der Waals surface area contributed by atoms with Crippen LogP contribution in [0.1, 0.15) is 32.1 Å². The molecule has 2 saturated heterocycles. The molecule has 0 atom stereocenters. The van der Waals surface area contributed by atoms with Gasteiger partial charge >= 0.3 is 5.97 Å². The molecule has 0 spiro atoms. The lowest BCUT2D eigenvalue weighted by molar-refractivity contribution is -0.143. The number of aliphatic carboxylic acids is 1. The van der Waals surface area contributed by atoms with Crippen molar-refractivity contribution in [2.45, 2.75) is 32.1 Å². The summed E-state index contributed by atoms with van der Waals surface area (Å²) in [6.45, 7) is 3.68. The van der Waals surface area contributed by atoms with Crippen LogP contribution in [0.4, 0.5) is 11.5 Å². The molecule has 0 unspecified atom stereocenters. The number of anilines is 2. The Hall–Kier alpha value is -2.15. The summed E-state index contributed by atoms with van der Waals surface area (Å²) < 4.78 is 0. The van der Waals surface area contributed by atoms with Crippen molar-refractivity contribution in [2.24, 2.45) is 5.92 Å². The van der Waals surface area contributed by atoms with E-state index in [0.29, 0.717) is 38.2 Å². The highest BCUT2D eigenvalue weighted by molar-refractivity contribution is 5.92. The van der Waals surface area contributed by atoms with Gasteiger partial charge in [0.1, 0.15) is 5.82 Å². The predicted molar refractivity (Wildman–Crippen MR) is 95.7 cm³/mol. The zero-order chi connectivity index (χ0) is 17.6. The van der Waals surface area contributed by atoms with Crippen molar-refractivity contribution in [1.82, 2.24) is 9.88 Å². The van der Waals surface area contributed by atoms with E-state index in [1.54, 1.807) is 6.20 Å². The Morgan fingerprint density at radius 2 is 1.84 bits per heavy atom. The Morgan fingerprint density at radius 3 is 2.44 bits per heavy atom. The first kappa shape index (κ1) is 17.7. The molecule has 3 heterocycles. The maximum atomic E-state index is 12.2. The van der Waals surface area contributed by atoms with Gasteiger partial charge in [-0.3, -0.25) is 14.5 Å². The third kappa shape index (κ3) is 4.92. The summed E-state index contributed by atoms with van der Waals surface area (Å²) in [6, 6.07) is 3.85. The number of piperidine rings is 2. The van der Waals surface area contributed by atoms with Gasteiger partial charge in [0.2, 0.25) is 5.91 Å². The quantitative estimate of drug-likeness (QED) is 0.846. The number of nitrogens with zero attached hydrogens (tertiary/aromatic N) is 3. The largest absolute Gasteiger partial charge is 0.481 e. The Balaban J connectivity index is 1.45. The van der Waals surface area contributed by atoms with Crippen molar-refractivity contribution < 1.29 is 14.7 Å². The van der Waals surface area contributed by atoms with E-state index in [1.165, 1.54) is 19.3 Å². The topological polar surface area (TPSA) is 85.8 Å². The predicted octanol–water partition coefficient (Wildman–Crippen LogP) is 1.81. The second-order valence-corrected chi connectivity index (χ2v) is 6.89. The lowest BCUT2D eigenvalue weighted by Crippen LogP contribution is -2.40. The van der Waals surface area contributed by atoms with Gasteiger partial charge in [-0.15, -0.1) is 0 Å². The monoisotopic (exact) mass is 346 g/mol. The second kappa shape index (κ2) is 8.29. The summed E-state index contributed by atoms with van der Waals surface area (Å²) in [4.78, 5) is 31.9. The molecule has 1 aromatic heterocycles. The first-order chi connectivity index (χ1) is 12.1. The number of hydrogen-bond donors (Lipinski definition) is 2. The minimum Gasteiger partial charge on any atom is -0.481 e. The number of rotatable bonds is 5. The van der Waals surface area contributed by atoms with E-state index in [2.05, 4.69) is 15.2 Å². The van der Waals surface area contributed by atoms with E-state index in [4.69, 9.17) is 5.11 Å². The molecule has 2 aliphatic heterocycles. The summed E-state index contributed by atoms with van der Waals surface area (Å²) in [5, 5.41) is 11.9. The average Bonchev–Trinajstić information content (AvgIpc) is 2.63. The van der Waals surface area contributed by atoms with Gasteiger partial charge in [0.05, 0.1) is 24.3 Å². The molecule has 0 radical (unpaired) electrons. The molecule has 7 heteroatoms. The van der Waals surface area contributed by atoms with Crippen molar-refractivity contribution in [3.05, 3.63) is 18.3 Å². The molecule has 7 nitrogen and oxygen atoms in total. The number of amides is 1. The van der Waals surface area contributed by atoms with Crippen LogP contribution in [0.25, 0.3) is 0 Å². The maximum Gasteiger partial charge on any atom is 0.306 e. The summed E-state index contributed by atoms with van der Waals surface area (Å²) in [5.41, 5.74) is 0.700. The molecule has 0 saturated carbocycles. The summed E-state index contributed by atoms with van der Waals surface area (Å²) in [7, 11) is 0. The average molecular weight is 346 g/mol. The number of carboxylic acids is 1. The van der Waals surface area contributed by atoms with Gasteiger partial charge in [-0.05, 0) is 57.3 Å². The number of pyridine rings is 1. The van der Waals surface area contributed by atoms with Crippen LogP contribution in [0.2, 0.25) is 0 Å². The normalized spacial score (nSPS) is 19.6. The van der Waals surface area contributed by atoms with Gasteiger partial charge in [0.15, 0.2) is 0 Å². The third-order valence-corrected chi connectivity index (χ3v) is 5.02. The lowest BCUT2D eigenvalue weighted by atomic mass is 9.97. The summed E-state index contributed by atoms with van der Waals surface area (Å²) in [5.74, 6) is -0.121. The van der Waals surface area contributed by atoms with Gasteiger partial charge in [-0.25, -0.2) is 4.98 Å². The van der Waals surface area contributed by atoms with Crippen LogP contribution in [0.5, 0.6) is 0 Å². The van der Waals surface area contributed by atoms with Gasteiger partial charge in [-0.2, -0.15) is 0 Å². The van der Waals surface area contributed by atoms with Gasteiger partial charge in [0, 0.05) is 13.1 Å². The van der Waals surface area contributed by atoms with Crippen molar-refractivity contribution in [3.8, 4) is 0 Å². The molecule has 3 rings (SSSR count). The molecular formula is C18H26N4O3. The van der Waals surface area contributed by atoms with Gasteiger partial charge in [-0.1, -0.05) is 0 Å². The minimum absolute atomic E-state index is 0.0821. The number of likely N-dealkylation sites (tertiary alicyclic amines) is 1. The van der Waals surface area contributed by atoms with Crippen LogP contribution in [0, 0.1) is 5.92 Å². The number of carboxylic acid groups (broad SMARTS) is 1. The van der Waals surface area contributed by atoms with Crippen molar-refractivity contribution in [2.75, 3.05) is 42.9 Å². The van der Waals surface area contributed by atoms with E-state index in [0.717, 1.165) is 18.9 Å². The molecule has 2 fully saturated rings. The standard InChI is InChI=1S/C18H26N4O3/c23-17(13-21-10-6-14(7-11-21)18(24)25)20-15-4-5-16(19-12-15)22-8-2-1-3-9-22/h4-5,12,14H,1-3,6-11,13H2,(H,20,23)(H,24,25). The smallest absolute Gasteiger partial charge is 0.306 e. The molecule has 2 N–H and O–H groups in total. The summed E-state index contributed by atoms with van der Waals surface area (Å²) >= 11 is 0. The molecule has 0 aliphatic carbocycles. The van der Waals surface area contributed by atoms with E-state index in [1.807, 2.05) is 17.0 Å². The Morgan fingerprint density at radius 1 is 1.12 bits per heavy atom. The number of hydrogen-bond acceptors (Lipinski definition) is 5. The van der Waals surface area contributed by atoms with Crippen molar-refractivity contribution in [1.29, 1.82) is 0 Å². The van der Waals surface area contributed by atoms with Crippen LogP contribution in [0.15, 0.2) is 18.3 Å². The fourth-order valence-electron chi connectivity index (χ4n) is 3.51. The highest BCUT2D eigenvalue weighted by atomic mass is 16.4. The van der Waals surface area contributed by atoms with Crippen LogP contribution < -0.4 is 10.2 Å². The molecule has 25 heavy (non-hydrogen) atoms. The molecule has 2 aliphatic rings. The number of aromatic nitrogens is 1. The molecule has 1 amide bonds. The number of carbonyl (C=O) groups excluding carboxylic acids is 1. The molecular weight excluding hydrogens is 320 g/mol. The van der Waals surface area contributed by atoms with Gasteiger partial charge in [0.25, 0.3) is 0 Å². The molecule has 0 aromatic carbocycles. The Bertz CT molecular complexity index is 591. The zero-order valence-corrected chi connectivity index (χ0v) is 14.5. The third-order valence-electron chi connectivity index (χ3n) is 5.02. The first-order valence-electron chi connectivity index (χ1n) is 9.08. The van der Waals surface area contributed by atoms with Crippen LogP contribution in [-0.4, -0.2) is 59.6 Å². The minimum atomic E-state index is -0.732. The fraction of sp³-hybridized carbons (Fsp3) is 0.611. The SMILES string of the molecule is O=C(CN1CCC(C(=O)O)CC1)Nc1ccc(N2CCCCC2)nc1. The first-order valence-corrected chi connectivity index (χ1v) is 9.08. The fourth-order valence-corrected chi connectivity index (χ4v) is 3.51. The van der Waals surface area contributed by atoms with E-state index in [-0.39, 0.29) is 11.8 Å². The van der Waals surface area contributed by atoms with E-state index >= 15 is 0 Å². The Kier molecular flexibility index (Phi) is 5.86. The maximum absolute atomic E-state index is 12.2.